The predicted molar refractivity (Wildman–Crippen MR) is 92.6 cm³/mol. The van der Waals surface area contributed by atoms with E-state index >= 15 is 0 Å². The molecule has 0 saturated carbocycles. The van der Waals surface area contributed by atoms with Gasteiger partial charge in [-0.2, -0.15) is 4.98 Å². The van der Waals surface area contributed by atoms with Crippen molar-refractivity contribution in [2.75, 3.05) is 0 Å². The monoisotopic (exact) mass is 339 g/mol. The zero-order chi connectivity index (χ0) is 17.8. The molecule has 25 heavy (non-hydrogen) atoms. The van der Waals surface area contributed by atoms with E-state index in [0.717, 1.165) is 23.4 Å². The Morgan fingerprint density at radius 1 is 1.36 bits per heavy atom. The summed E-state index contributed by atoms with van der Waals surface area (Å²) in [7, 11) is 0. The number of rotatable bonds is 6. The number of benzene rings is 1. The summed E-state index contributed by atoms with van der Waals surface area (Å²) in [6.45, 7) is 6.03. The lowest BCUT2D eigenvalue weighted by Crippen LogP contribution is -2.30. The number of carbonyl (C=O) groups is 1. The van der Waals surface area contributed by atoms with E-state index in [0.29, 0.717) is 11.7 Å². The zero-order valence-corrected chi connectivity index (χ0v) is 14.6. The average Bonchev–Trinajstić information content (AvgIpc) is 3.24. The highest BCUT2D eigenvalue weighted by Gasteiger charge is 2.18. The first-order valence-electron chi connectivity index (χ1n) is 8.27. The summed E-state index contributed by atoms with van der Waals surface area (Å²) in [6.07, 6.45) is 4.27. The van der Waals surface area contributed by atoms with Gasteiger partial charge in [0, 0.05) is 24.4 Å². The molecule has 1 amide bonds. The van der Waals surface area contributed by atoms with Crippen LogP contribution in [-0.2, 0) is 17.8 Å². The van der Waals surface area contributed by atoms with Crippen molar-refractivity contribution in [2.45, 2.75) is 39.8 Å². The average molecular weight is 339 g/mol. The lowest BCUT2D eigenvalue weighted by Gasteiger charge is -2.11. The van der Waals surface area contributed by atoms with Crippen molar-refractivity contribution in [3.05, 3.63) is 53.9 Å². The Labute approximate surface area is 146 Å². The van der Waals surface area contributed by atoms with Crippen LogP contribution >= 0.6 is 0 Å². The molecular weight excluding hydrogens is 318 g/mol. The van der Waals surface area contributed by atoms with Crippen molar-refractivity contribution >= 4 is 5.91 Å². The minimum atomic E-state index is -0.369. The van der Waals surface area contributed by atoms with E-state index in [1.807, 2.05) is 49.6 Å². The maximum Gasteiger partial charge on any atom is 0.249 e. The van der Waals surface area contributed by atoms with E-state index in [1.165, 1.54) is 0 Å². The van der Waals surface area contributed by atoms with E-state index in [-0.39, 0.29) is 18.5 Å². The zero-order valence-electron chi connectivity index (χ0n) is 14.6. The normalized spacial score (nSPS) is 12.1. The Kier molecular flexibility index (Phi) is 4.92. The van der Waals surface area contributed by atoms with Crippen molar-refractivity contribution in [3.63, 3.8) is 0 Å². The van der Waals surface area contributed by atoms with Crippen LogP contribution in [0.2, 0.25) is 0 Å². The number of amides is 1. The minimum absolute atomic E-state index is 0.129. The largest absolute Gasteiger partial charge is 0.343 e. The molecule has 1 N–H and O–H groups in total. The van der Waals surface area contributed by atoms with Crippen LogP contribution in [0.4, 0.5) is 0 Å². The summed E-state index contributed by atoms with van der Waals surface area (Å²) in [4.78, 5) is 20.9. The van der Waals surface area contributed by atoms with Gasteiger partial charge in [0.25, 0.3) is 0 Å². The van der Waals surface area contributed by atoms with Crippen molar-refractivity contribution in [1.29, 1.82) is 0 Å². The Bertz CT molecular complexity index is 868. The molecule has 3 rings (SSSR count). The molecule has 130 valence electrons. The van der Waals surface area contributed by atoms with Gasteiger partial charge >= 0.3 is 0 Å². The van der Waals surface area contributed by atoms with Gasteiger partial charge in [0.15, 0.2) is 0 Å². The second-order valence-corrected chi connectivity index (χ2v) is 5.89. The Hall–Kier alpha value is -2.96. The Morgan fingerprint density at radius 2 is 2.16 bits per heavy atom. The number of imidazole rings is 1. The van der Waals surface area contributed by atoms with Crippen LogP contribution in [0.25, 0.3) is 11.4 Å². The van der Waals surface area contributed by atoms with E-state index in [9.17, 15) is 4.79 Å². The molecule has 2 heterocycles. The number of aryl methyl sites for hydroxylation is 2. The fourth-order valence-corrected chi connectivity index (χ4v) is 2.65. The van der Waals surface area contributed by atoms with Crippen molar-refractivity contribution in [1.82, 2.24) is 25.0 Å². The molecule has 2 aromatic heterocycles. The maximum absolute atomic E-state index is 12.2. The molecule has 0 saturated heterocycles. The molecule has 0 aliphatic heterocycles. The van der Waals surface area contributed by atoms with E-state index in [1.54, 1.807) is 12.4 Å². The lowest BCUT2D eigenvalue weighted by molar-refractivity contribution is -0.122. The predicted octanol–water partition coefficient (Wildman–Crippen LogP) is 2.68. The van der Waals surface area contributed by atoms with E-state index < -0.39 is 0 Å². The molecule has 7 nitrogen and oxygen atoms in total. The second kappa shape index (κ2) is 7.29. The molecule has 0 aliphatic rings. The Morgan fingerprint density at radius 3 is 2.92 bits per heavy atom. The van der Waals surface area contributed by atoms with Gasteiger partial charge in [-0.05, 0) is 19.4 Å². The molecule has 7 heteroatoms. The number of hydrogen-bond acceptors (Lipinski definition) is 5. The lowest BCUT2D eigenvalue weighted by atomic mass is 10.1. The molecule has 1 atom stereocenters. The van der Waals surface area contributed by atoms with Gasteiger partial charge in [0.2, 0.25) is 17.6 Å². The van der Waals surface area contributed by atoms with Gasteiger partial charge in [-0.15, -0.1) is 0 Å². The molecular formula is C18H21N5O2. The van der Waals surface area contributed by atoms with Gasteiger partial charge in [-0.3, -0.25) is 4.79 Å². The fourth-order valence-electron chi connectivity index (χ4n) is 2.65. The smallest absolute Gasteiger partial charge is 0.249 e. The first-order chi connectivity index (χ1) is 12.1. The Balaban J connectivity index is 1.67. The molecule has 0 unspecified atom stereocenters. The number of aromatic nitrogens is 4. The molecule has 0 spiro atoms. The quantitative estimate of drug-likeness (QED) is 0.746. The number of nitrogens with zero attached hydrogens (tertiary/aromatic N) is 4. The summed E-state index contributed by atoms with van der Waals surface area (Å²) < 4.78 is 7.15. The third-order valence-electron chi connectivity index (χ3n) is 4.01. The highest BCUT2D eigenvalue weighted by molar-refractivity contribution is 5.76. The number of carbonyl (C=O) groups excluding carboxylic acids is 1. The van der Waals surface area contributed by atoms with Gasteiger partial charge < -0.3 is 14.4 Å². The van der Waals surface area contributed by atoms with Gasteiger partial charge in [-0.1, -0.05) is 36.3 Å². The van der Waals surface area contributed by atoms with Crippen LogP contribution in [0.3, 0.4) is 0 Å². The van der Waals surface area contributed by atoms with Gasteiger partial charge in [0.05, 0.1) is 0 Å². The summed E-state index contributed by atoms with van der Waals surface area (Å²) in [5, 5.41) is 6.91. The third-order valence-corrected chi connectivity index (χ3v) is 4.01. The van der Waals surface area contributed by atoms with Crippen LogP contribution in [0.1, 0.15) is 37.2 Å². The van der Waals surface area contributed by atoms with Crippen LogP contribution in [0.5, 0.6) is 0 Å². The maximum atomic E-state index is 12.2. The summed E-state index contributed by atoms with van der Waals surface area (Å²) in [5.74, 6) is 1.66. The highest BCUT2D eigenvalue weighted by atomic mass is 16.5. The number of hydrogen-bond donors (Lipinski definition) is 1. The van der Waals surface area contributed by atoms with Crippen LogP contribution in [0, 0.1) is 6.92 Å². The minimum Gasteiger partial charge on any atom is -0.343 e. The summed E-state index contributed by atoms with van der Waals surface area (Å²) in [5.41, 5.74) is 1.99. The molecule has 3 aromatic rings. The standard InChI is InChI=1S/C18H21N5O2/c1-4-15-19-9-10-23(15)11-16(24)20-13(3)18-21-17(22-25-18)14-8-6-5-7-12(14)2/h5-10,13H,4,11H2,1-3H3,(H,20,24)/t13-/m0/s1. The third kappa shape index (κ3) is 3.76. The SMILES string of the molecule is CCc1nccn1CC(=O)N[C@@H](C)c1nc(-c2ccccc2C)no1. The first kappa shape index (κ1) is 16.9. The van der Waals surface area contributed by atoms with Crippen LogP contribution in [0.15, 0.2) is 41.2 Å². The molecule has 0 fully saturated rings. The second-order valence-electron chi connectivity index (χ2n) is 5.89. The van der Waals surface area contributed by atoms with Crippen molar-refractivity contribution in [2.24, 2.45) is 0 Å². The van der Waals surface area contributed by atoms with Gasteiger partial charge in [-0.25, -0.2) is 4.98 Å². The van der Waals surface area contributed by atoms with Crippen molar-refractivity contribution in [3.8, 4) is 11.4 Å². The molecule has 0 aliphatic carbocycles. The molecule has 1 aromatic carbocycles. The van der Waals surface area contributed by atoms with Crippen LogP contribution < -0.4 is 5.32 Å². The summed E-state index contributed by atoms with van der Waals surface area (Å²) >= 11 is 0. The molecule has 0 radical (unpaired) electrons. The topological polar surface area (TPSA) is 85.8 Å². The van der Waals surface area contributed by atoms with E-state index in [4.69, 9.17) is 4.52 Å². The molecule has 0 bridgehead atoms. The first-order valence-corrected chi connectivity index (χ1v) is 8.27. The van der Waals surface area contributed by atoms with E-state index in [2.05, 4.69) is 20.4 Å². The highest BCUT2D eigenvalue weighted by Crippen LogP contribution is 2.21. The summed E-state index contributed by atoms with van der Waals surface area (Å²) in [6, 6.07) is 7.46. The van der Waals surface area contributed by atoms with Gasteiger partial charge in [0.1, 0.15) is 18.4 Å². The van der Waals surface area contributed by atoms with Crippen molar-refractivity contribution < 1.29 is 9.32 Å². The van der Waals surface area contributed by atoms with Crippen LogP contribution in [-0.4, -0.2) is 25.6 Å². The fraction of sp³-hybridized carbons (Fsp3) is 0.333. The number of nitrogens with one attached hydrogen (secondary N) is 1.